The molecule has 2 unspecified atom stereocenters. The highest BCUT2D eigenvalue weighted by molar-refractivity contribution is 7.00. The molecule has 3 aliphatic heterocycles. The second kappa shape index (κ2) is 13.6. The maximum absolute atomic E-state index is 2.82. The van der Waals surface area contributed by atoms with Gasteiger partial charge in [-0.05, 0) is 129 Å². The van der Waals surface area contributed by atoms with Crippen molar-refractivity contribution < 1.29 is 0 Å². The Morgan fingerprint density at radius 3 is 1.72 bits per heavy atom. The molecule has 0 aromatic heterocycles. The lowest BCUT2D eigenvalue weighted by molar-refractivity contribution is 0.261. The number of hydrogen-bond donors (Lipinski definition) is 0. The van der Waals surface area contributed by atoms with Gasteiger partial charge in [0.1, 0.15) is 0 Å². The van der Waals surface area contributed by atoms with E-state index in [9.17, 15) is 0 Å². The van der Waals surface area contributed by atoms with Crippen LogP contribution in [0.25, 0.3) is 0 Å². The molecule has 0 bridgehead atoms. The minimum absolute atomic E-state index is 0.00153. The van der Waals surface area contributed by atoms with Gasteiger partial charge < -0.3 is 14.7 Å². The smallest absolute Gasteiger partial charge is 0.252 e. The van der Waals surface area contributed by atoms with E-state index in [-0.39, 0.29) is 33.9 Å². The van der Waals surface area contributed by atoms with Crippen molar-refractivity contribution in [2.24, 2.45) is 0 Å². The third-order valence-electron chi connectivity index (χ3n) is 15.3. The Morgan fingerprint density at radius 1 is 0.443 bits per heavy atom. The van der Waals surface area contributed by atoms with Gasteiger partial charge in [0.2, 0.25) is 0 Å². The highest BCUT2D eigenvalue weighted by Crippen LogP contribution is 2.61. The summed E-state index contributed by atoms with van der Waals surface area (Å²) in [4.78, 5) is 8.03. The van der Waals surface area contributed by atoms with Gasteiger partial charge in [-0.1, -0.05) is 161 Å². The number of benzene rings is 6. The van der Waals surface area contributed by atoms with Crippen LogP contribution in [0.15, 0.2) is 127 Å². The number of para-hydroxylation sites is 2. The first-order valence-electron chi connectivity index (χ1n) is 23.0. The lowest BCUT2D eigenvalue weighted by atomic mass is 9.33. The van der Waals surface area contributed by atoms with Crippen LogP contribution in [0.4, 0.5) is 45.5 Å². The van der Waals surface area contributed by atoms with Crippen molar-refractivity contribution in [1.82, 2.24) is 0 Å². The van der Waals surface area contributed by atoms with Crippen LogP contribution in [0.2, 0.25) is 0 Å². The van der Waals surface area contributed by atoms with Crippen LogP contribution >= 0.6 is 0 Å². The van der Waals surface area contributed by atoms with Crippen LogP contribution in [0.1, 0.15) is 131 Å². The predicted octanol–water partition coefficient (Wildman–Crippen LogP) is 13.8. The minimum atomic E-state index is -0.115. The van der Waals surface area contributed by atoms with Crippen molar-refractivity contribution in [2.45, 2.75) is 135 Å². The molecule has 6 aromatic rings. The molecule has 0 N–H and O–H groups in total. The number of fused-ring (bicyclic) bond motifs is 7. The van der Waals surface area contributed by atoms with Crippen LogP contribution in [0, 0.1) is 0 Å². The highest BCUT2D eigenvalue weighted by atomic mass is 15.3. The summed E-state index contributed by atoms with van der Waals surface area (Å²) in [6, 6.07) is 49.7. The fourth-order valence-corrected chi connectivity index (χ4v) is 11.6. The molecule has 61 heavy (non-hydrogen) atoms. The van der Waals surface area contributed by atoms with E-state index >= 15 is 0 Å². The van der Waals surface area contributed by atoms with Crippen molar-refractivity contribution in [3.05, 3.63) is 150 Å². The van der Waals surface area contributed by atoms with E-state index in [1.165, 1.54) is 110 Å². The summed E-state index contributed by atoms with van der Waals surface area (Å²) in [5, 5.41) is 0. The van der Waals surface area contributed by atoms with E-state index in [0.717, 1.165) is 6.42 Å². The predicted molar refractivity (Wildman–Crippen MR) is 264 cm³/mol. The second-order valence-corrected chi connectivity index (χ2v) is 22.2. The molecule has 0 amide bonds. The molecule has 1 aliphatic carbocycles. The van der Waals surface area contributed by atoms with Gasteiger partial charge in [0.15, 0.2) is 0 Å². The van der Waals surface area contributed by atoms with Crippen LogP contribution in [-0.2, 0) is 21.7 Å². The molecule has 4 aliphatic rings. The Kier molecular flexibility index (Phi) is 8.92. The number of hydrogen-bond acceptors (Lipinski definition) is 3. The van der Waals surface area contributed by atoms with E-state index in [1.54, 1.807) is 0 Å². The largest absolute Gasteiger partial charge is 0.334 e. The first-order chi connectivity index (χ1) is 28.9. The summed E-state index contributed by atoms with van der Waals surface area (Å²) in [5.74, 6) is 0. The van der Waals surface area contributed by atoms with Gasteiger partial charge in [-0.25, -0.2) is 0 Å². The zero-order valence-electron chi connectivity index (χ0n) is 38.6. The topological polar surface area (TPSA) is 9.72 Å². The Balaban J connectivity index is 1.33. The van der Waals surface area contributed by atoms with Gasteiger partial charge >= 0.3 is 0 Å². The van der Waals surface area contributed by atoms with Gasteiger partial charge in [0, 0.05) is 50.9 Å². The first kappa shape index (κ1) is 39.9. The molecule has 6 aromatic carbocycles. The fourth-order valence-electron chi connectivity index (χ4n) is 11.6. The van der Waals surface area contributed by atoms with E-state index in [4.69, 9.17) is 0 Å². The van der Waals surface area contributed by atoms with Crippen molar-refractivity contribution >= 4 is 68.6 Å². The number of nitrogens with zero attached hydrogens (tertiary/aromatic N) is 3. The SMILES string of the molecule is CC(C)(C)c1cccc(N2c3cc(C(C)(C)C)ccc3B3c4ccccc4N(c4ccccc4)c4cc(N5c6ccc(C(C)(C)C)cc6C6(C)CCCCCC56C)cc2c43)c1. The molecule has 1 saturated carbocycles. The Labute approximate surface area is 366 Å². The molecular weight excluding hydrogens is 737 g/mol. The zero-order valence-corrected chi connectivity index (χ0v) is 38.6. The average molecular weight is 802 g/mol. The summed E-state index contributed by atoms with van der Waals surface area (Å²) in [7, 11) is 0. The molecule has 310 valence electrons. The van der Waals surface area contributed by atoms with Gasteiger partial charge in [-0.2, -0.15) is 0 Å². The zero-order chi connectivity index (χ0) is 42.9. The van der Waals surface area contributed by atoms with Crippen LogP contribution < -0.4 is 31.1 Å². The third-order valence-corrected chi connectivity index (χ3v) is 15.3. The fraction of sp³-hybridized carbons (Fsp3) is 0.368. The Morgan fingerprint density at radius 2 is 1.02 bits per heavy atom. The molecule has 2 atom stereocenters. The maximum atomic E-state index is 2.82. The van der Waals surface area contributed by atoms with Crippen molar-refractivity contribution in [2.75, 3.05) is 14.7 Å². The first-order valence-corrected chi connectivity index (χ1v) is 23.0. The lowest BCUT2D eigenvalue weighted by Gasteiger charge is -2.48. The lowest BCUT2D eigenvalue weighted by Crippen LogP contribution is -2.61. The van der Waals surface area contributed by atoms with Crippen molar-refractivity contribution in [3.63, 3.8) is 0 Å². The van der Waals surface area contributed by atoms with Crippen molar-refractivity contribution in [3.8, 4) is 0 Å². The molecule has 0 radical (unpaired) electrons. The Hall–Kier alpha value is -5.22. The van der Waals surface area contributed by atoms with E-state index in [1.807, 2.05) is 0 Å². The standard InChI is InChI=1S/C57H64BN3/c1-53(2,3)38-21-20-24-42(33-38)60-49-35-40(55(7,8)9)27-29-46(49)58-45-25-16-17-26-48(45)59(41-22-14-12-15-23-41)50-36-43(37-51(60)52(50)58)61-47-30-28-39(54(4,5)6)34-44(47)56(10)31-18-13-19-32-57(56,61)11/h12,14-17,20-30,33-37H,13,18-19,31-32H2,1-11H3. The minimum Gasteiger partial charge on any atom is -0.334 e. The molecule has 10 rings (SSSR count). The summed E-state index contributed by atoms with van der Waals surface area (Å²) >= 11 is 0. The van der Waals surface area contributed by atoms with E-state index < -0.39 is 0 Å². The number of rotatable bonds is 3. The van der Waals surface area contributed by atoms with Gasteiger partial charge in [-0.15, -0.1) is 0 Å². The van der Waals surface area contributed by atoms with Crippen LogP contribution in [0.3, 0.4) is 0 Å². The molecule has 0 spiro atoms. The van der Waals surface area contributed by atoms with E-state index in [0.29, 0.717) is 0 Å². The molecule has 0 saturated heterocycles. The monoisotopic (exact) mass is 802 g/mol. The summed E-state index contributed by atoms with van der Waals surface area (Å²) in [6.45, 7) is 26.4. The van der Waals surface area contributed by atoms with Crippen LogP contribution in [0.5, 0.6) is 0 Å². The summed E-state index contributed by atoms with van der Waals surface area (Å²) < 4.78 is 0. The third kappa shape index (κ3) is 6.05. The van der Waals surface area contributed by atoms with Gasteiger partial charge in [0.25, 0.3) is 6.71 Å². The highest BCUT2D eigenvalue weighted by Gasteiger charge is 2.57. The number of anilines is 8. The summed E-state index contributed by atoms with van der Waals surface area (Å²) in [6.07, 6.45) is 6.13. The Bertz CT molecular complexity index is 2690. The molecule has 3 nitrogen and oxygen atoms in total. The molecule has 3 heterocycles. The summed E-state index contributed by atoms with van der Waals surface area (Å²) in [5.41, 5.74) is 19.8. The molecular formula is C57H64BN3. The maximum Gasteiger partial charge on any atom is 0.252 e. The normalized spacial score (nSPS) is 20.7. The quantitative estimate of drug-likeness (QED) is 0.165. The van der Waals surface area contributed by atoms with Crippen LogP contribution in [-0.4, -0.2) is 12.3 Å². The van der Waals surface area contributed by atoms with Crippen molar-refractivity contribution in [1.29, 1.82) is 0 Å². The second-order valence-electron chi connectivity index (χ2n) is 22.2. The molecule has 4 heteroatoms. The molecule has 1 fully saturated rings. The van der Waals surface area contributed by atoms with Gasteiger partial charge in [-0.3, -0.25) is 0 Å². The van der Waals surface area contributed by atoms with E-state index in [2.05, 4.69) is 218 Å². The average Bonchev–Trinajstić information content (AvgIpc) is 3.28. The van der Waals surface area contributed by atoms with Gasteiger partial charge in [0.05, 0.1) is 5.54 Å².